The summed E-state index contributed by atoms with van der Waals surface area (Å²) in [7, 11) is -2.63. The van der Waals surface area contributed by atoms with Gasteiger partial charge in [-0.15, -0.1) is 0 Å². The number of fused-ring (bicyclic) bond motifs is 19. The van der Waals surface area contributed by atoms with Gasteiger partial charge in [0.2, 0.25) is 0 Å². The highest BCUT2D eigenvalue weighted by molar-refractivity contribution is 7.24. The van der Waals surface area contributed by atoms with E-state index >= 15 is 0 Å². The predicted octanol–water partition coefficient (Wildman–Crippen LogP) is 11.8. The van der Waals surface area contributed by atoms with Crippen molar-refractivity contribution in [3.05, 3.63) is 209 Å². The smallest absolute Gasteiger partial charge is 0.182 e. The second kappa shape index (κ2) is 11.7. The van der Waals surface area contributed by atoms with Crippen molar-refractivity contribution in [1.82, 2.24) is 0 Å². The van der Waals surface area contributed by atoms with Crippen molar-refractivity contribution in [3.63, 3.8) is 0 Å². The van der Waals surface area contributed by atoms with Crippen LogP contribution in [0.2, 0.25) is 0 Å². The van der Waals surface area contributed by atoms with E-state index in [4.69, 9.17) is 0 Å². The van der Waals surface area contributed by atoms with Gasteiger partial charge in [0.25, 0.3) is 0 Å². The first kappa shape index (κ1) is 34.8. The van der Waals surface area contributed by atoms with Crippen molar-refractivity contribution < 1.29 is 0 Å². The van der Waals surface area contributed by atoms with Crippen LogP contribution in [-0.4, -0.2) is 8.07 Å². The molecule has 0 unspecified atom stereocenters. The molecule has 0 saturated heterocycles. The third-order valence-electron chi connectivity index (χ3n) is 14.2. The number of anilines is 3. The highest BCUT2D eigenvalue weighted by Crippen LogP contribution is 2.64. The second-order valence-corrected chi connectivity index (χ2v) is 22.9. The van der Waals surface area contributed by atoms with Crippen molar-refractivity contribution in [3.8, 4) is 33.4 Å². The lowest BCUT2D eigenvalue weighted by molar-refractivity contribution is 0.586. The molecule has 0 amide bonds. The van der Waals surface area contributed by atoms with Gasteiger partial charge < -0.3 is 4.90 Å². The fourth-order valence-corrected chi connectivity index (χ4v) is 17.2. The van der Waals surface area contributed by atoms with Crippen LogP contribution in [0.4, 0.5) is 17.1 Å². The molecule has 0 atom stereocenters. The van der Waals surface area contributed by atoms with Crippen LogP contribution in [0.1, 0.15) is 74.9 Å². The number of hydrogen-bond donors (Lipinski definition) is 0. The molecule has 8 aromatic carbocycles. The summed E-state index contributed by atoms with van der Waals surface area (Å²) in [5.41, 5.74) is 19.6. The van der Waals surface area contributed by atoms with E-state index in [1.165, 1.54) is 105 Å². The number of rotatable bonds is 1. The molecule has 12 rings (SSSR count). The SMILES string of the molecule is CC(C)(C)c1ccc2c(c1)C1(c3cc(C(C)(C)C)ccc3-2)c2ccccc2N(c2ccc3c(c2)[Si]2(c4ccccc4-c4ccccc42)c2ccccc2-3)c2ccccc21. The molecular formula is C57H47NSi. The van der Waals surface area contributed by atoms with E-state index in [1.807, 2.05) is 0 Å². The molecule has 3 heterocycles. The molecule has 2 heteroatoms. The lowest BCUT2D eigenvalue weighted by Gasteiger charge is -2.45. The summed E-state index contributed by atoms with van der Waals surface area (Å²) in [5, 5.41) is 6.01. The molecule has 1 aliphatic carbocycles. The Bertz CT molecular complexity index is 2920. The molecule has 0 bridgehead atoms. The average Bonchev–Trinajstić information content (AvgIpc) is 3.83. The molecule has 2 spiro atoms. The van der Waals surface area contributed by atoms with Gasteiger partial charge in [0, 0.05) is 5.69 Å². The zero-order valence-electron chi connectivity index (χ0n) is 34.7. The Balaban J connectivity index is 1.16. The normalized spacial score (nSPS) is 15.5. The van der Waals surface area contributed by atoms with E-state index in [9.17, 15) is 0 Å². The van der Waals surface area contributed by atoms with Crippen LogP contribution in [0.15, 0.2) is 176 Å². The van der Waals surface area contributed by atoms with Crippen LogP contribution >= 0.6 is 0 Å². The van der Waals surface area contributed by atoms with E-state index < -0.39 is 13.5 Å². The first-order valence-corrected chi connectivity index (χ1v) is 23.3. The van der Waals surface area contributed by atoms with Crippen LogP contribution in [0.5, 0.6) is 0 Å². The fourth-order valence-electron chi connectivity index (χ4n) is 11.6. The number of benzene rings is 8. The van der Waals surface area contributed by atoms with Crippen LogP contribution in [0, 0.1) is 0 Å². The van der Waals surface area contributed by atoms with Crippen LogP contribution < -0.4 is 25.6 Å². The minimum Gasteiger partial charge on any atom is -0.310 e. The number of para-hydroxylation sites is 2. The van der Waals surface area contributed by atoms with E-state index in [0.29, 0.717) is 0 Å². The van der Waals surface area contributed by atoms with Crippen molar-refractivity contribution in [2.45, 2.75) is 57.8 Å². The molecule has 0 aromatic heterocycles. The molecule has 3 aliphatic heterocycles. The Morgan fingerprint density at radius 3 is 1.20 bits per heavy atom. The highest BCUT2D eigenvalue weighted by Gasteiger charge is 2.55. The van der Waals surface area contributed by atoms with Crippen molar-refractivity contribution in [2.24, 2.45) is 0 Å². The second-order valence-electron chi connectivity index (χ2n) is 19.3. The molecule has 0 radical (unpaired) electrons. The zero-order chi connectivity index (χ0) is 40.1. The molecular weight excluding hydrogens is 727 g/mol. The van der Waals surface area contributed by atoms with Gasteiger partial charge in [0.1, 0.15) is 0 Å². The van der Waals surface area contributed by atoms with Crippen molar-refractivity contribution >= 4 is 45.9 Å². The first-order valence-electron chi connectivity index (χ1n) is 21.3. The topological polar surface area (TPSA) is 3.24 Å². The molecule has 1 nitrogen and oxygen atoms in total. The molecule has 4 aliphatic rings. The Hall–Kier alpha value is -6.22. The third kappa shape index (κ3) is 4.35. The number of nitrogens with zero attached hydrogens (tertiary/aromatic N) is 1. The van der Waals surface area contributed by atoms with Crippen molar-refractivity contribution in [2.75, 3.05) is 4.90 Å². The van der Waals surface area contributed by atoms with Gasteiger partial charge in [0.05, 0.1) is 16.8 Å². The summed E-state index contributed by atoms with van der Waals surface area (Å²) in [5.74, 6) is 0. The highest BCUT2D eigenvalue weighted by atomic mass is 28.3. The van der Waals surface area contributed by atoms with Crippen molar-refractivity contribution in [1.29, 1.82) is 0 Å². The fraction of sp³-hybridized carbons (Fsp3) is 0.158. The Kier molecular flexibility index (Phi) is 6.90. The summed E-state index contributed by atoms with van der Waals surface area (Å²) >= 11 is 0. The lowest BCUT2D eigenvalue weighted by Crippen LogP contribution is -2.70. The Morgan fingerprint density at radius 1 is 0.356 bits per heavy atom. The summed E-state index contributed by atoms with van der Waals surface area (Å²) in [4.78, 5) is 2.59. The maximum Gasteiger partial charge on any atom is 0.182 e. The van der Waals surface area contributed by atoms with E-state index in [-0.39, 0.29) is 10.8 Å². The van der Waals surface area contributed by atoms with E-state index in [1.54, 1.807) is 0 Å². The van der Waals surface area contributed by atoms with Gasteiger partial charge in [-0.25, -0.2) is 0 Å². The van der Waals surface area contributed by atoms with Gasteiger partial charge in [-0.1, -0.05) is 193 Å². The molecule has 59 heavy (non-hydrogen) atoms. The van der Waals surface area contributed by atoms with Gasteiger partial charge >= 0.3 is 0 Å². The van der Waals surface area contributed by atoms with Gasteiger partial charge in [0.15, 0.2) is 8.07 Å². The molecule has 0 N–H and O–H groups in total. The molecule has 0 fully saturated rings. The summed E-state index contributed by atoms with van der Waals surface area (Å²) in [6, 6.07) is 68.5. The van der Waals surface area contributed by atoms with E-state index in [2.05, 4.69) is 222 Å². The van der Waals surface area contributed by atoms with Gasteiger partial charge in [-0.2, -0.15) is 0 Å². The van der Waals surface area contributed by atoms with Gasteiger partial charge in [-0.3, -0.25) is 0 Å². The molecule has 284 valence electrons. The number of hydrogen-bond acceptors (Lipinski definition) is 1. The predicted molar refractivity (Wildman–Crippen MR) is 251 cm³/mol. The Labute approximate surface area is 349 Å². The van der Waals surface area contributed by atoms with Gasteiger partial charge in [-0.05, 0) is 123 Å². The molecule has 8 aromatic rings. The minimum absolute atomic E-state index is 0.000614. The quantitative estimate of drug-likeness (QED) is 0.150. The van der Waals surface area contributed by atoms with E-state index in [0.717, 1.165) is 0 Å². The Morgan fingerprint density at radius 2 is 0.746 bits per heavy atom. The third-order valence-corrected chi connectivity index (χ3v) is 19.2. The maximum atomic E-state index is 2.60. The summed E-state index contributed by atoms with van der Waals surface area (Å²) < 4.78 is 0. The van der Waals surface area contributed by atoms with Crippen LogP contribution in [-0.2, 0) is 16.2 Å². The summed E-state index contributed by atoms with van der Waals surface area (Å²) in [6.45, 7) is 14.1. The summed E-state index contributed by atoms with van der Waals surface area (Å²) in [6.07, 6.45) is 0. The largest absolute Gasteiger partial charge is 0.310 e. The first-order chi connectivity index (χ1) is 28.5. The lowest BCUT2D eigenvalue weighted by atomic mass is 9.63. The zero-order valence-corrected chi connectivity index (χ0v) is 35.7. The minimum atomic E-state index is -2.63. The molecule has 0 saturated carbocycles. The average molecular weight is 774 g/mol. The maximum absolute atomic E-state index is 2.63. The standard InChI is InChI=1S/C57H47NSi/c1-55(2,3)36-27-30-39-40-31-28-37(56(4,5)6)34-48(40)57(47(39)33-36)45-20-10-12-22-49(45)58(50-23-13-11-21-46(50)57)38-29-32-44-43-19-9-16-26-53(43)59(54(44)35-38)51-24-14-7-17-41(51)42-18-8-15-25-52(42)59/h7-35H,1-6H3. The van der Waals surface area contributed by atoms with Crippen LogP contribution in [0.25, 0.3) is 33.4 Å². The monoisotopic (exact) mass is 773 g/mol. The van der Waals surface area contributed by atoms with Crippen LogP contribution in [0.3, 0.4) is 0 Å².